The van der Waals surface area contributed by atoms with Crippen molar-refractivity contribution in [1.82, 2.24) is 5.32 Å². The van der Waals surface area contributed by atoms with Gasteiger partial charge in [0.15, 0.2) is 0 Å². The maximum atomic E-state index is 9.41. The van der Waals surface area contributed by atoms with Crippen LogP contribution < -0.4 is 10.1 Å². The zero-order valence-corrected chi connectivity index (χ0v) is 10.5. The fourth-order valence-electron chi connectivity index (χ4n) is 1.77. The summed E-state index contributed by atoms with van der Waals surface area (Å²) in [6.45, 7) is 9.64. The highest BCUT2D eigenvalue weighted by Crippen LogP contribution is 2.27. The van der Waals surface area contributed by atoms with E-state index in [1.807, 2.05) is 13.8 Å². The first kappa shape index (κ1) is 12.8. The molecule has 0 bridgehead atoms. The monoisotopic (exact) mass is 223 g/mol. The van der Waals surface area contributed by atoms with E-state index in [2.05, 4.69) is 19.2 Å². The van der Waals surface area contributed by atoms with Gasteiger partial charge in [-0.05, 0) is 50.6 Å². The summed E-state index contributed by atoms with van der Waals surface area (Å²) in [6.07, 6.45) is 0. The number of aromatic hydroxyl groups is 1. The van der Waals surface area contributed by atoms with Gasteiger partial charge in [0.1, 0.15) is 18.1 Å². The first-order chi connectivity index (χ1) is 7.54. The normalized spacial score (nSPS) is 12.5. The second-order valence-corrected chi connectivity index (χ2v) is 4.18. The third kappa shape index (κ3) is 3.42. The van der Waals surface area contributed by atoms with Gasteiger partial charge in [-0.15, -0.1) is 0 Å². The summed E-state index contributed by atoms with van der Waals surface area (Å²) in [7, 11) is 0. The third-order valence-electron chi connectivity index (χ3n) is 2.48. The van der Waals surface area contributed by atoms with Gasteiger partial charge in [-0.2, -0.15) is 0 Å². The lowest BCUT2D eigenvalue weighted by Gasteiger charge is -2.17. The van der Waals surface area contributed by atoms with E-state index in [9.17, 15) is 5.11 Å². The largest absolute Gasteiger partial charge is 0.508 e. The predicted molar refractivity (Wildman–Crippen MR) is 66.2 cm³/mol. The van der Waals surface area contributed by atoms with Crippen LogP contribution in [0.5, 0.6) is 11.5 Å². The number of phenolic OH excluding ortho intramolecular Hbond substituents is 1. The Hall–Kier alpha value is -1.22. The van der Waals surface area contributed by atoms with E-state index in [4.69, 9.17) is 4.74 Å². The van der Waals surface area contributed by atoms with Gasteiger partial charge in [0.25, 0.3) is 0 Å². The minimum absolute atomic E-state index is 0.294. The number of benzene rings is 1. The molecule has 0 aliphatic carbocycles. The molecule has 3 heteroatoms. The molecule has 0 aliphatic heterocycles. The second kappa shape index (κ2) is 5.75. The molecule has 90 valence electrons. The molecular weight excluding hydrogens is 202 g/mol. The number of aryl methyl sites for hydroxylation is 2. The van der Waals surface area contributed by atoms with Crippen molar-refractivity contribution in [3.05, 3.63) is 23.3 Å². The smallest absolute Gasteiger partial charge is 0.125 e. The number of rotatable bonds is 5. The van der Waals surface area contributed by atoms with Gasteiger partial charge in [0.05, 0.1) is 0 Å². The second-order valence-electron chi connectivity index (χ2n) is 4.18. The van der Waals surface area contributed by atoms with E-state index in [0.717, 1.165) is 23.4 Å². The Morgan fingerprint density at radius 1 is 1.31 bits per heavy atom. The fourth-order valence-corrected chi connectivity index (χ4v) is 1.77. The SMILES string of the molecule is CCN[C@H](C)COc1c(C)cc(O)cc1C. The van der Waals surface area contributed by atoms with Crippen molar-refractivity contribution in [3.8, 4) is 11.5 Å². The molecule has 1 aromatic rings. The standard InChI is InChI=1S/C13H21NO2/c1-5-14-11(4)8-16-13-9(2)6-12(15)7-10(13)3/h6-7,11,14-15H,5,8H2,1-4H3/t11-/m1/s1. The number of phenols is 1. The highest BCUT2D eigenvalue weighted by Gasteiger charge is 2.07. The first-order valence-corrected chi connectivity index (χ1v) is 5.71. The molecule has 16 heavy (non-hydrogen) atoms. The van der Waals surface area contributed by atoms with Crippen molar-refractivity contribution >= 4 is 0 Å². The molecule has 0 amide bonds. The van der Waals surface area contributed by atoms with Crippen LogP contribution in [-0.2, 0) is 0 Å². The molecule has 0 fully saturated rings. The van der Waals surface area contributed by atoms with Crippen LogP contribution in [0.4, 0.5) is 0 Å². The van der Waals surface area contributed by atoms with Crippen LogP contribution in [0.25, 0.3) is 0 Å². The number of hydrogen-bond acceptors (Lipinski definition) is 3. The molecule has 1 aromatic carbocycles. The summed E-state index contributed by atoms with van der Waals surface area (Å²) in [5, 5.41) is 12.7. The summed E-state index contributed by atoms with van der Waals surface area (Å²) < 4.78 is 5.76. The van der Waals surface area contributed by atoms with Crippen molar-refractivity contribution in [2.24, 2.45) is 0 Å². The lowest BCUT2D eigenvalue weighted by molar-refractivity contribution is 0.271. The zero-order chi connectivity index (χ0) is 12.1. The Kier molecular flexibility index (Phi) is 4.62. The quantitative estimate of drug-likeness (QED) is 0.805. The molecule has 0 spiro atoms. The molecule has 1 atom stereocenters. The lowest BCUT2D eigenvalue weighted by Crippen LogP contribution is -2.31. The Bertz CT molecular complexity index is 327. The van der Waals surface area contributed by atoms with Crippen LogP contribution in [0.15, 0.2) is 12.1 Å². The van der Waals surface area contributed by atoms with E-state index in [1.54, 1.807) is 12.1 Å². The average Bonchev–Trinajstić information content (AvgIpc) is 2.16. The molecule has 0 aliphatic rings. The van der Waals surface area contributed by atoms with Crippen LogP contribution in [0.2, 0.25) is 0 Å². The lowest BCUT2D eigenvalue weighted by atomic mass is 10.1. The third-order valence-corrected chi connectivity index (χ3v) is 2.48. The maximum Gasteiger partial charge on any atom is 0.125 e. The summed E-state index contributed by atoms with van der Waals surface area (Å²) in [5.41, 5.74) is 1.95. The molecule has 0 radical (unpaired) electrons. The molecule has 0 heterocycles. The van der Waals surface area contributed by atoms with Crippen LogP contribution in [0, 0.1) is 13.8 Å². The topological polar surface area (TPSA) is 41.5 Å². The maximum absolute atomic E-state index is 9.41. The number of hydrogen-bond donors (Lipinski definition) is 2. The van der Waals surface area contributed by atoms with Crippen molar-refractivity contribution in [3.63, 3.8) is 0 Å². The van der Waals surface area contributed by atoms with Gasteiger partial charge in [0, 0.05) is 6.04 Å². The average molecular weight is 223 g/mol. The minimum atomic E-state index is 0.294. The van der Waals surface area contributed by atoms with E-state index in [0.29, 0.717) is 18.4 Å². The van der Waals surface area contributed by atoms with Gasteiger partial charge in [-0.25, -0.2) is 0 Å². The van der Waals surface area contributed by atoms with Crippen LogP contribution in [-0.4, -0.2) is 24.3 Å². The van der Waals surface area contributed by atoms with E-state index in [1.165, 1.54) is 0 Å². The molecule has 0 saturated heterocycles. The zero-order valence-electron chi connectivity index (χ0n) is 10.5. The van der Waals surface area contributed by atoms with Crippen LogP contribution in [0.1, 0.15) is 25.0 Å². The van der Waals surface area contributed by atoms with Crippen molar-refractivity contribution in [1.29, 1.82) is 0 Å². The molecule has 2 N–H and O–H groups in total. The summed E-state index contributed by atoms with van der Waals surface area (Å²) in [5.74, 6) is 1.17. The van der Waals surface area contributed by atoms with Crippen molar-refractivity contribution in [2.75, 3.05) is 13.2 Å². The molecule has 0 unspecified atom stereocenters. The van der Waals surface area contributed by atoms with Crippen molar-refractivity contribution < 1.29 is 9.84 Å². The Balaban J connectivity index is 2.67. The Labute approximate surface area is 97.4 Å². The highest BCUT2D eigenvalue weighted by molar-refractivity contribution is 5.45. The highest BCUT2D eigenvalue weighted by atomic mass is 16.5. The molecule has 0 saturated carbocycles. The predicted octanol–water partition coefficient (Wildman–Crippen LogP) is 2.39. The van der Waals surface area contributed by atoms with E-state index >= 15 is 0 Å². The summed E-state index contributed by atoms with van der Waals surface area (Å²) in [4.78, 5) is 0. The summed E-state index contributed by atoms with van der Waals surface area (Å²) >= 11 is 0. The number of likely N-dealkylation sites (N-methyl/N-ethyl adjacent to an activating group) is 1. The van der Waals surface area contributed by atoms with Gasteiger partial charge < -0.3 is 15.2 Å². The van der Waals surface area contributed by atoms with Gasteiger partial charge in [-0.1, -0.05) is 6.92 Å². The molecule has 0 aromatic heterocycles. The minimum Gasteiger partial charge on any atom is -0.508 e. The van der Waals surface area contributed by atoms with E-state index in [-0.39, 0.29) is 0 Å². The Morgan fingerprint density at radius 2 is 1.88 bits per heavy atom. The van der Waals surface area contributed by atoms with Crippen LogP contribution >= 0.6 is 0 Å². The first-order valence-electron chi connectivity index (χ1n) is 5.71. The summed E-state index contributed by atoms with van der Waals surface area (Å²) in [6, 6.07) is 3.78. The van der Waals surface area contributed by atoms with Gasteiger partial charge in [0.2, 0.25) is 0 Å². The fraction of sp³-hybridized carbons (Fsp3) is 0.538. The molecular formula is C13H21NO2. The number of nitrogens with one attached hydrogen (secondary N) is 1. The van der Waals surface area contributed by atoms with Crippen LogP contribution in [0.3, 0.4) is 0 Å². The molecule has 3 nitrogen and oxygen atoms in total. The molecule has 1 rings (SSSR count). The van der Waals surface area contributed by atoms with Crippen molar-refractivity contribution in [2.45, 2.75) is 33.7 Å². The van der Waals surface area contributed by atoms with Gasteiger partial charge >= 0.3 is 0 Å². The number of ether oxygens (including phenoxy) is 1. The van der Waals surface area contributed by atoms with Gasteiger partial charge in [-0.3, -0.25) is 0 Å². The van der Waals surface area contributed by atoms with E-state index < -0.39 is 0 Å². The Morgan fingerprint density at radius 3 is 2.38 bits per heavy atom.